The number of aromatic nitrogens is 6. The van der Waals surface area contributed by atoms with Crippen molar-refractivity contribution in [2.75, 3.05) is 31.1 Å². The molecule has 6 rings (SSSR count). The van der Waals surface area contributed by atoms with E-state index in [9.17, 15) is 0 Å². The summed E-state index contributed by atoms with van der Waals surface area (Å²) in [6.07, 6.45) is 6.32. The van der Waals surface area contributed by atoms with Crippen molar-refractivity contribution in [3.8, 4) is 17.0 Å². The molecule has 0 N–H and O–H groups in total. The highest BCUT2D eigenvalue weighted by molar-refractivity contribution is 5.63. The van der Waals surface area contributed by atoms with Gasteiger partial charge in [-0.15, -0.1) is 5.10 Å². The van der Waals surface area contributed by atoms with E-state index in [1.54, 1.807) is 4.52 Å². The third-order valence-electron chi connectivity index (χ3n) is 7.70. The molecule has 0 radical (unpaired) electrons. The quantitative estimate of drug-likeness (QED) is 0.372. The molecule has 38 heavy (non-hydrogen) atoms. The van der Waals surface area contributed by atoms with Gasteiger partial charge in [-0.05, 0) is 71.0 Å². The Morgan fingerprint density at radius 1 is 0.868 bits per heavy atom. The number of benzene rings is 1. The smallest absolute Gasteiger partial charge is 0.253 e. The Hall–Kier alpha value is -3.59. The Bertz CT molecular complexity index is 1390. The van der Waals surface area contributed by atoms with Crippen LogP contribution in [-0.4, -0.2) is 67.0 Å². The minimum Gasteiger partial charge on any atom is -0.485 e. The molecule has 3 aromatic heterocycles. The third-order valence-corrected chi connectivity index (χ3v) is 7.70. The fraction of sp³-hybridized carbons (Fsp3) is 0.483. The summed E-state index contributed by atoms with van der Waals surface area (Å²) < 4.78 is 8.23. The summed E-state index contributed by atoms with van der Waals surface area (Å²) in [5, 5.41) is 13.5. The van der Waals surface area contributed by atoms with Gasteiger partial charge in [-0.25, -0.2) is 4.98 Å². The molecule has 2 fully saturated rings. The Morgan fingerprint density at radius 3 is 2.39 bits per heavy atom. The highest BCUT2D eigenvalue weighted by atomic mass is 16.5. The van der Waals surface area contributed by atoms with E-state index < -0.39 is 0 Å². The number of hydrogen-bond donors (Lipinski definition) is 0. The van der Waals surface area contributed by atoms with E-state index in [0.29, 0.717) is 11.6 Å². The average Bonchev–Trinajstić information content (AvgIpc) is 3.46. The standard InChI is InChI=1S/C29H36N8O/c1-20-28(21(2)37-29(30-20)31-22(3)34-37)38-26-14-17-36(19-26)25-11-8-23(9-12-25)27-13-10-24(32-33-27)18-35-15-6-4-5-7-16-35/h8-13,26H,4-7,14-19H2,1-3H3/t26-/m1/s1. The lowest BCUT2D eigenvalue weighted by Crippen LogP contribution is -2.25. The van der Waals surface area contributed by atoms with E-state index in [2.05, 4.69) is 71.5 Å². The Morgan fingerprint density at radius 2 is 1.66 bits per heavy atom. The maximum atomic E-state index is 6.46. The van der Waals surface area contributed by atoms with Crippen LogP contribution in [0, 0.1) is 20.8 Å². The van der Waals surface area contributed by atoms with E-state index in [1.165, 1.54) is 44.5 Å². The van der Waals surface area contributed by atoms with Gasteiger partial charge in [-0.1, -0.05) is 25.0 Å². The van der Waals surface area contributed by atoms with Crippen LogP contribution in [0.4, 0.5) is 5.69 Å². The predicted molar refractivity (Wildman–Crippen MR) is 147 cm³/mol. The largest absolute Gasteiger partial charge is 0.485 e. The molecule has 0 amide bonds. The van der Waals surface area contributed by atoms with E-state index in [-0.39, 0.29) is 6.10 Å². The van der Waals surface area contributed by atoms with Gasteiger partial charge in [0.2, 0.25) is 0 Å². The summed E-state index contributed by atoms with van der Waals surface area (Å²) >= 11 is 0. The minimum atomic E-state index is 0.0959. The monoisotopic (exact) mass is 512 g/mol. The molecule has 0 saturated carbocycles. The van der Waals surface area contributed by atoms with E-state index in [1.807, 2.05) is 20.8 Å². The van der Waals surface area contributed by atoms with Crippen LogP contribution in [0.2, 0.25) is 0 Å². The molecular formula is C29H36N8O. The highest BCUT2D eigenvalue weighted by Crippen LogP contribution is 2.29. The van der Waals surface area contributed by atoms with E-state index in [0.717, 1.165) is 60.1 Å². The molecule has 5 heterocycles. The second kappa shape index (κ2) is 10.6. The molecule has 1 atom stereocenters. The van der Waals surface area contributed by atoms with Crippen molar-refractivity contribution in [1.82, 2.24) is 34.7 Å². The molecule has 2 aliphatic heterocycles. The van der Waals surface area contributed by atoms with Gasteiger partial charge in [-0.2, -0.15) is 19.7 Å². The van der Waals surface area contributed by atoms with Gasteiger partial charge in [0.15, 0.2) is 5.75 Å². The fourth-order valence-electron chi connectivity index (χ4n) is 5.62. The molecule has 0 bridgehead atoms. The first-order valence-corrected chi connectivity index (χ1v) is 13.8. The van der Waals surface area contributed by atoms with Crippen LogP contribution in [0.3, 0.4) is 0 Å². The van der Waals surface area contributed by atoms with Crippen LogP contribution in [0.1, 0.15) is 55.0 Å². The molecule has 0 unspecified atom stereocenters. The minimum absolute atomic E-state index is 0.0959. The molecule has 2 aliphatic rings. The number of ether oxygens (including phenoxy) is 1. The summed E-state index contributed by atoms with van der Waals surface area (Å²) in [6.45, 7) is 10.9. The van der Waals surface area contributed by atoms with Crippen molar-refractivity contribution in [3.63, 3.8) is 0 Å². The summed E-state index contributed by atoms with van der Waals surface area (Å²) in [6, 6.07) is 12.9. The zero-order valence-electron chi connectivity index (χ0n) is 22.6. The highest BCUT2D eigenvalue weighted by Gasteiger charge is 2.26. The number of fused-ring (bicyclic) bond motifs is 1. The summed E-state index contributed by atoms with van der Waals surface area (Å²) in [7, 11) is 0. The number of rotatable bonds is 6. The van der Waals surface area contributed by atoms with Gasteiger partial charge in [-0.3, -0.25) is 4.90 Å². The van der Waals surface area contributed by atoms with Crippen LogP contribution in [0.15, 0.2) is 36.4 Å². The lowest BCUT2D eigenvalue weighted by Gasteiger charge is -2.20. The van der Waals surface area contributed by atoms with E-state index in [4.69, 9.17) is 4.74 Å². The van der Waals surface area contributed by atoms with Crippen LogP contribution >= 0.6 is 0 Å². The first-order valence-electron chi connectivity index (χ1n) is 13.8. The molecule has 1 aromatic carbocycles. The number of anilines is 1. The van der Waals surface area contributed by atoms with Gasteiger partial charge in [0.1, 0.15) is 11.9 Å². The molecule has 2 saturated heterocycles. The van der Waals surface area contributed by atoms with Crippen LogP contribution < -0.4 is 9.64 Å². The molecular weight excluding hydrogens is 476 g/mol. The summed E-state index contributed by atoms with van der Waals surface area (Å²) in [5.74, 6) is 2.14. The van der Waals surface area contributed by atoms with Gasteiger partial charge in [0.25, 0.3) is 5.78 Å². The summed E-state index contributed by atoms with van der Waals surface area (Å²) in [4.78, 5) is 13.9. The maximum absolute atomic E-state index is 6.46. The molecule has 9 heteroatoms. The number of nitrogens with zero attached hydrogens (tertiary/aromatic N) is 8. The Kier molecular flexibility index (Phi) is 6.93. The predicted octanol–water partition coefficient (Wildman–Crippen LogP) is 4.54. The second-order valence-corrected chi connectivity index (χ2v) is 10.6. The second-order valence-electron chi connectivity index (χ2n) is 10.6. The average molecular weight is 513 g/mol. The SMILES string of the molecule is Cc1nc2nc(C)c(O[C@@H]3CCN(c4ccc(-c5ccc(CN6CCCCCC6)nn5)cc4)C3)c(C)n2n1. The van der Waals surface area contributed by atoms with Crippen molar-refractivity contribution < 1.29 is 4.74 Å². The lowest BCUT2D eigenvalue weighted by atomic mass is 10.1. The zero-order chi connectivity index (χ0) is 26.1. The molecule has 198 valence electrons. The zero-order valence-corrected chi connectivity index (χ0v) is 22.6. The van der Waals surface area contributed by atoms with Crippen LogP contribution in [0.25, 0.3) is 17.0 Å². The van der Waals surface area contributed by atoms with Crippen molar-refractivity contribution in [3.05, 3.63) is 59.3 Å². The molecule has 4 aromatic rings. The van der Waals surface area contributed by atoms with Gasteiger partial charge in [0, 0.05) is 30.8 Å². The fourth-order valence-corrected chi connectivity index (χ4v) is 5.62. The number of likely N-dealkylation sites (tertiary alicyclic amines) is 1. The van der Waals surface area contributed by atoms with Crippen molar-refractivity contribution in [1.29, 1.82) is 0 Å². The maximum Gasteiger partial charge on any atom is 0.253 e. The number of hydrogen-bond acceptors (Lipinski definition) is 8. The first-order chi connectivity index (χ1) is 18.5. The van der Waals surface area contributed by atoms with E-state index >= 15 is 0 Å². The van der Waals surface area contributed by atoms with Gasteiger partial charge >= 0.3 is 0 Å². The van der Waals surface area contributed by atoms with Gasteiger partial charge in [0.05, 0.1) is 29.3 Å². The molecule has 9 nitrogen and oxygen atoms in total. The van der Waals surface area contributed by atoms with Gasteiger partial charge < -0.3 is 9.64 Å². The van der Waals surface area contributed by atoms with Crippen molar-refractivity contribution in [2.24, 2.45) is 0 Å². The first kappa shape index (κ1) is 24.7. The molecule has 0 spiro atoms. The Labute approximate surface area is 223 Å². The third kappa shape index (κ3) is 5.20. The Balaban J connectivity index is 1.08. The summed E-state index contributed by atoms with van der Waals surface area (Å²) in [5.41, 5.74) is 6.03. The van der Waals surface area contributed by atoms with Crippen molar-refractivity contribution >= 4 is 11.5 Å². The van der Waals surface area contributed by atoms with Crippen molar-refractivity contribution in [2.45, 2.75) is 65.5 Å². The topological polar surface area (TPSA) is 84.6 Å². The normalized spacial score (nSPS) is 18.7. The van der Waals surface area contributed by atoms with Crippen LogP contribution in [-0.2, 0) is 6.54 Å². The van der Waals surface area contributed by atoms with Crippen LogP contribution in [0.5, 0.6) is 5.75 Å². The molecule has 0 aliphatic carbocycles. The lowest BCUT2D eigenvalue weighted by molar-refractivity contribution is 0.219. The number of aryl methyl sites for hydroxylation is 3.